The lowest BCUT2D eigenvalue weighted by molar-refractivity contribution is -0.124. The molecule has 4 aromatic heterocycles. The van der Waals surface area contributed by atoms with E-state index in [2.05, 4.69) is 20.3 Å². The predicted octanol–water partition coefficient (Wildman–Crippen LogP) is 5.67. The molecule has 0 aliphatic heterocycles. The van der Waals surface area contributed by atoms with E-state index in [-0.39, 0.29) is 17.0 Å². The van der Waals surface area contributed by atoms with Gasteiger partial charge in [0.25, 0.3) is 5.91 Å². The number of carbonyl (C=O) groups excluding carboxylic acids is 2. The predicted molar refractivity (Wildman–Crippen MR) is 140 cm³/mol. The molecule has 0 spiro atoms. The molecule has 5 rings (SSSR count). The average Bonchev–Trinajstić information content (AvgIpc) is 3.26. The summed E-state index contributed by atoms with van der Waals surface area (Å²) in [4.78, 5) is 43.9. The molecule has 184 valence electrons. The fourth-order valence-electron chi connectivity index (χ4n) is 4.46. The lowest BCUT2D eigenvalue weighted by Crippen LogP contribution is -2.21. The Morgan fingerprint density at radius 3 is 2.83 bits per heavy atom. The summed E-state index contributed by atoms with van der Waals surface area (Å²) in [6.45, 7) is 1.85. The minimum atomic E-state index is -0.362. The fraction of sp³-hybridized carbons (Fsp3) is 0.308. The highest BCUT2D eigenvalue weighted by Crippen LogP contribution is 2.34. The first kappa shape index (κ1) is 24.3. The molecule has 4 aromatic rings. The summed E-state index contributed by atoms with van der Waals surface area (Å²) in [5.41, 5.74) is 3.92. The number of halogens is 1. The second-order valence-corrected chi connectivity index (χ2v) is 10.2. The van der Waals surface area contributed by atoms with Crippen LogP contribution in [0, 0.1) is 12.8 Å². The Balaban J connectivity index is 1.41. The zero-order valence-electron chi connectivity index (χ0n) is 19.9. The number of aromatic nitrogens is 4. The first-order valence-corrected chi connectivity index (χ1v) is 12.9. The van der Waals surface area contributed by atoms with E-state index in [1.807, 2.05) is 25.1 Å². The van der Waals surface area contributed by atoms with E-state index in [4.69, 9.17) is 21.3 Å². The summed E-state index contributed by atoms with van der Waals surface area (Å²) in [6.07, 6.45) is 7.34. The van der Waals surface area contributed by atoms with E-state index in [9.17, 15) is 9.59 Å². The van der Waals surface area contributed by atoms with Gasteiger partial charge in [0.15, 0.2) is 5.13 Å². The molecule has 0 radical (unpaired) electrons. The average molecular weight is 522 g/mol. The molecule has 4 heterocycles. The number of pyridine rings is 3. The molecule has 1 aliphatic rings. The largest absolute Gasteiger partial charge is 0.494 e. The number of anilines is 1. The number of nitrogens with zero attached hydrogens (tertiary/aromatic N) is 4. The maximum absolute atomic E-state index is 13.3. The van der Waals surface area contributed by atoms with Crippen LogP contribution in [0.4, 0.5) is 5.13 Å². The number of rotatable bonds is 6. The van der Waals surface area contributed by atoms with Crippen molar-refractivity contribution in [3.63, 3.8) is 0 Å². The van der Waals surface area contributed by atoms with Crippen molar-refractivity contribution in [1.82, 2.24) is 19.9 Å². The van der Waals surface area contributed by atoms with Crippen molar-refractivity contribution >= 4 is 50.1 Å². The summed E-state index contributed by atoms with van der Waals surface area (Å²) < 4.78 is 5.45. The van der Waals surface area contributed by atoms with Crippen molar-refractivity contribution < 1.29 is 14.3 Å². The normalized spacial score (nSPS) is 15.8. The maximum Gasteiger partial charge on any atom is 0.259 e. The number of carbonyl (C=O) groups is 2. The molecule has 1 amide bonds. The number of hydrogen-bond acceptors (Lipinski definition) is 8. The Morgan fingerprint density at radius 1 is 1.17 bits per heavy atom. The number of aryl methyl sites for hydroxylation is 1. The summed E-state index contributed by atoms with van der Waals surface area (Å²) in [5.74, 6) is 0.503. The van der Waals surface area contributed by atoms with Gasteiger partial charge >= 0.3 is 0 Å². The molecule has 1 N–H and O–H groups in total. The number of ketones is 1. The maximum atomic E-state index is 13.3. The van der Waals surface area contributed by atoms with E-state index in [1.54, 1.807) is 6.07 Å². The molecule has 8 nitrogen and oxygen atoms in total. The highest BCUT2D eigenvalue weighted by Gasteiger charge is 2.23. The van der Waals surface area contributed by atoms with Crippen LogP contribution in [0.15, 0.2) is 36.7 Å². The Morgan fingerprint density at radius 2 is 2.03 bits per heavy atom. The van der Waals surface area contributed by atoms with Gasteiger partial charge in [0.2, 0.25) is 0 Å². The first-order valence-electron chi connectivity index (χ1n) is 11.7. The van der Waals surface area contributed by atoms with Crippen molar-refractivity contribution in [2.24, 2.45) is 5.92 Å². The highest BCUT2D eigenvalue weighted by molar-refractivity contribution is 7.22. The van der Waals surface area contributed by atoms with Crippen LogP contribution < -0.4 is 10.1 Å². The third-order valence-corrected chi connectivity index (χ3v) is 7.39. The van der Waals surface area contributed by atoms with E-state index in [1.165, 1.54) is 30.8 Å². The molecular weight excluding hydrogens is 498 g/mol. The SMILES string of the molecule is COc1cnc(Cl)cc1-c1cc(C)ncc1C(=O)Nc1nc2ccc(CC3CCCCC3=O)nc2s1. The van der Waals surface area contributed by atoms with Gasteiger partial charge in [0.05, 0.1) is 18.9 Å². The van der Waals surface area contributed by atoms with E-state index < -0.39 is 0 Å². The van der Waals surface area contributed by atoms with Gasteiger partial charge in [-0.1, -0.05) is 29.4 Å². The van der Waals surface area contributed by atoms with Crippen LogP contribution in [0.25, 0.3) is 21.5 Å². The zero-order valence-corrected chi connectivity index (χ0v) is 21.4. The number of hydrogen-bond donors (Lipinski definition) is 1. The third-order valence-electron chi connectivity index (χ3n) is 6.30. The highest BCUT2D eigenvalue weighted by atomic mass is 35.5. The van der Waals surface area contributed by atoms with Crippen LogP contribution in [0.3, 0.4) is 0 Å². The third kappa shape index (κ3) is 5.08. The quantitative estimate of drug-likeness (QED) is 0.325. The molecule has 1 atom stereocenters. The second-order valence-electron chi connectivity index (χ2n) is 8.79. The van der Waals surface area contributed by atoms with Crippen molar-refractivity contribution in [1.29, 1.82) is 0 Å². The van der Waals surface area contributed by atoms with E-state index >= 15 is 0 Å². The molecular formula is C26H24ClN5O3S. The van der Waals surface area contributed by atoms with Gasteiger partial charge in [-0.3, -0.25) is 19.9 Å². The van der Waals surface area contributed by atoms with Crippen LogP contribution in [0.5, 0.6) is 5.75 Å². The van der Waals surface area contributed by atoms with Crippen LogP contribution in [0.2, 0.25) is 5.15 Å². The number of thiazole rings is 1. The molecule has 0 saturated heterocycles. The summed E-state index contributed by atoms with van der Waals surface area (Å²) >= 11 is 7.43. The van der Waals surface area contributed by atoms with E-state index in [0.29, 0.717) is 51.7 Å². The van der Waals surface area contributed by atoms with Gasteiger partial charge in [0.1, 0.15) is 27.0 Å². The molecule has 0 aromatic carbocycles. The van der Waals surface area contributed by atoms with Gasteiger partial charge in [0, 0.05) is 41.1 Å². The molecule has 1 aliphatic carbocycles. The number of ether oxygens (including phenoxy) is 1. The van der Waals surface area contributed by atoms with Crippen molar-refractivity contribution in [2.75, 3.05) is 12.4 Å². The number of Topliss-reactive ketones (excluding diaryl/α,β-unsaturated/α-hetero) is 1. The summed E-state index contributed by atoms with van der Waals surface area (Å²) in [5, 5.41) is 3.60. The monoisotopic (exact) mass is 521 g/mol. The van der Waals surface area contributed by atoms with Gasteiger partial charge in [-0.15, -0.1) is 0 Å². The Hall–Kier alpha value is -3.43. The van der Waals surface area contributed by atoms with Gasteiger partial charge < -0.3 is 4.74 Å². The Bertz CT molecular complexity index is 1470. The van der Waals surface area contributed by atoms with Gasteiger partial charge in [-0.25, -0.2) is 15.0 Å². The van der Waals surface area contributed by atoms with Crippen LogP contribution in [-0.2, 0) is 11.2 Å². The number of methoxy groups -OCH3 is 1. The first-order chi connectivity index (χ1) is 17.4. The number of amides is 1. The van der Waals surface area contributed by atoms with Crippen LogP contribution >= 0.6 is 22.9 Å². The van der Waals surface area contributed by atoms with Crippen LogP contribution in [0.1, 0.15) is 47.4 Å². The standard InChI is InChI=1S/C26H24ClN5O3S/c1-14-9-17(18-11-23(27)29-13-22(18)35-2)19(12-28-14)24(34)32-26-31-20-8-7-16(30-25(20)36-26)10-15-5-3-4-6-21(15)33/h7-9,11-13,15H,3-6,10H2,1-2H3,(H,31,32,34). The smallest absolute Gasteiger partial charge is 0.259 e. The lowest BCUT2D eigenvalue weighted by atomic mass is 9.85. The number of nitrogens with one attached hydrogen (secondary N) is 1. The molecule has 1 saturated carbocycles. The summed E-state index contributed by atoms with van der Waals surface area (Å²) in [7, 11) is 1.54. The Labute approximate surface area is 217 Å². The minimum absolute atomic E-state index is 0.0435. The van der Waals surface area contributed by atoms with Crippen molar-refractivity contribution in [3.05, 3.63) is 58.8 Å². The zero-order chi connectivity index (χ0) is 25.2. The fourth-order valence-corrected chi connectivity index (χ4v) is 5.47. The second kappa shape index (κ2) is 10.3. The molecule has 36 heavy (non-hydrogen) atoms. The minimum Gasteiger partial charge on any atom is -0.494 e. The molecule has 0 bridgehead atoms. The lowest BCUT2D eigenvalue weighted by Gasteiger charge is -2.19. The number of fused-ring (bicyclic) bond motifs is 1. The molecule has 1 fully saturated rings. The van der Waals surface area contributed by atoms with E-state index in [0.717, 1.165) is 35.5 Å². The Kier molecular flexibility index (Phi) is 6.93. The van der Waals surface area contributed by atoms with Gasteiger partial charge in [-0.2, -0.15) is 0 Å². The topological polar surface area (TPSA) is 107 Å². The van der Waals surface area contributed by atoms with Crippen molar-refractivity contribution in [2.45, 2.75) is 39.0 Å². The molecule has 1 unspecified atom stereocenters. The van der Waals surface area contributed by atoms with Crippen molar-refractivity contribution in [3.8, 4) is 16.9 Å². The van der Waals surface area contributed by atoms with Crippen LogP contribution in [-0.4, -0.2) is 38.7 Å². The summed E-state index contributed by atoms with van der Waals surface area (Å²) in [6, 6.07) is 7.27. The molecule has 10 heteroatoms. The van der Waals surface area contributed by atoms with Gasteiger partial charge in [-0.05, 0) is 50.5 Å².